The van der Waals surface area contributed by atoms with Crippen molar-refractivity contribution in [3.05, 3.63) is 47.5 Å². The lowest BCUT2D eigenvalue weighted by atomic mass is 10.0. The fraction of sp³-hybridized carbons (Fsp3) is 0. The van der Waals surface area contributed by atoms with Crippen LogP contribution in [0.1, 0.15) is 0 Å². The summed E-state index contributed by atoms with van der Waals surface area (Å²) in [5.74, 6) is 0.242. The number of rotatable bonds is 1. The van der Waals surface area contributed by atoms with Gasteiger partial charge in [-0.3, -0.25) is 0 Å². The van der Waals surface area contributed by atoms with E-state index in [-0.39, 0.29) is 5.75 Å². The highest BCUT2D eigenvalue weighted by Crippen LogP contribution is 2.29. The zero-order chi connectivity index (χ0) is 10.8. The molecule has 0 fully saturated rings. The van der Waals surface area contributed by atoms with Gasteiger partial charge in [-0.05, 0) is 29.8 Å². The van der Waals surface area contributed by atoms with E-state index in [2.05, 4.69) is 0 Å². The van der Waals surface area contributed by atoms with Gasteiger partial charge < -0.3 is 10.8 Å². The molecular formula is C12H10ClNO. The Morgan fingerprint density at radius 2 is 1.67 bits per heavy atom. The van der Waals surface area contributed by atoms with Crippen molar-refractivity contribution in [2.75, 3.05) is 5.73 Å². The molecule has 0 saturated heterocycles. The number of benzene rings is 2. The van der Waals surface area contributed by atoms with Crippen molar-refractivity contribution in [2.45, 2.75) is 0 Å². The lowest BCUT2D eigenvalue weighted by Crippen LogP contribution is -1.89. The number of hydrogen-bond acceptors (Lipinski definition) is 2. The summed E-state index contributed by atoms with van der Waals surface area (Å²) in [5, 5.41) is 9.79. The third-order valence-corrected chi connectivity index (χ3v) is 2.43. The Balaban J connectivity index is 2.49. The molecule has 76 valence electrons. The summed E-state index contributed by atoms with van der Waals surface area (Å²) < 4.78 is 0. The van der Waals surface area contributed by atoms with Gasteiger partial charge in [0, 0.05) is 16.3 Å². The number of nitrogens with two attached hydrogens (primary N) is 1. The molecule has 0 unspecified atom stereocenters. The van der Waals surface area contributed by atoms with Crippen molar-refractivity contribution in [1.82, 2.24) is 0 Å². The molecule has 0 saturated carbocycles. The molecule has 2 aromatic rings. The molecule has 2 aromatic carbocycles. The van der Waals surface area contributed by atoms with Crippen LogP contribution in [-0.2, 0) is 0 Å². The van der Waals surface area contributed by atoms with Gasteiger partial charge in [-0.1, -0.05) is 29.8 Å². The topological polar surface area (TPSA) is 46.2 Å². The summed E-state index contributed by atoms with van der Waals surface area (Å²) in [6.45, 7) is 0. The maximum absolute atomic E-state index is 9.16. The van der Waals surface area contributed by atoms with Crippen LogP contribution in [0, 0.1) is 0 Å². The molecule has 0 aliphatic rings. The van der Waals surface area contributed by atoms with Crippen LogP contribution < -0.4 is 5.73 Å². The predicted molar refractivity (Wildman–Crippen MR) is 63.0 cm³/mol. The van der Waals surface area contributed by atoms with Crippen LogP contribution in [0.4, 0.5) is 5.69 Å². The molecule has 0 radical (unpaired) electrons. The van der Waals surface area contributed by atoms with Crippen LogP contribution in [-0.4, -0.2) is 5.11 Å². The van der Waals surface area contributed by atoms with E-state index in [1.807, 2.05) is 18.2 Å². The minimum Gasteiger partial charge on any atom is -0.508 e. The van der Waals surface area contributed by atoms with E-state index in [1.54, 1.807) is 24.3 Å². The second-order valence-electron chi connectivity index (χ2n) is 3.28. The van der Waals surface area contributed by atoms with E-state index in [1.165, 1.54) is 0 Å². The van der Waals surface area contributed by atoms with Crippen molar-refractivity contribution >= 4 is 17.3 Å². The molecule has 0 aromatic heterocycles. The number of aromatic hydroxyl groups is 1. The molecule has 3 heteroatoms. The first-order chi connectivity index (χ1) is 7.16. The molecule has 0 spiro atoms. The van der Waals surface area contributed by atoms with Crippen molar-refractivity contribution < 1.29 is 5.11 Å². The van der Waals surface area contributed by atoms with Gasteiger partial charge in [-0.25, -0.2) is 0 Å². The van der Waals surface area contributed by atoms with E-state index in [9.17, 15) is 0 Å². The van der Waals surface area contributed by atoms with Crippen LogP contribution in [0.2, 0.25) is 5.02 Å². The number of hydrogen-bond donors (Lipinski definition) is 2. The van der Waals surface area contributed by atoms with Crippen molar-refractivity contribution in [3.8, 4) is 16.9 Å². The van der Waals surface area contributed by atoms with Crippen LogP contribution in [0.3, 0.4) is 0 Å². The maximum atomic E-state index is 9.16. The summed E-state index contributed by atoms with van der Waals surface area (Å²) in [7, 11) is 0. The van der Waals surface area contributed by atoms with E-state index < -0.39 is 0 Å². The summed E-state index contributed by atoms with van der Waals surface area (Å²) in [5.41, 5.74) is 8.35. The molecule has 0 heterocycles. The normalized spacial score (nSPS) is 10.2. The minimum atomic E-state index is 0.242. The Bertz CT molecular complexity index is 479. The predicted octanol–water partition coefficient (Wildman–Crippen LogP) is 3.29. The van der Waals surface area contributed by atoms with Crippen LogP contribution in [0.25, 0.3) is 11.1 Å². The van der Waals surface area contributed by atoms with E-state index in [0.29, 0.717) is 10.7 Å². The number of anilines is 1. The highest BCUT2D eigenvalue weighted by molar-refractivity contribution is 6.31. The van der Waals surface area contributed by atoms with E-state index in [4.69, 9.17) is 22.4 Å². The smallest absolute Gasteiger partial charge is 0.115 e. The standard InChI is InChI=1S/C12H10ClNO/c13-9-3-6-11(12(14)7-9)8-1-4-10(15)5-2-8/h1-7,15H,14H2. The molecule has 0 bridgehead atoms. The van der Waals surface area contributed by atoms with E-state index >= 15 is 0 Å². The second-order valence-corrected chi connectivity index (χ2v) is 3.71. The van der Waals surface area contributed by atoms with Crippen molar-refractivity contribution in [2.24, 2.45) is 0 Å². The average Bonchev–Trinajstić information content (AvgIpc) is 2.20. The largest absolute Gasteiger partial charge is 0.508 e. The fourth-order valence-electron chi connectivity index (χ4n) is 1.44. The van der Waals surface area contributed by atoms with Crippen molar-refractivity contribution in [1.29, 1.82) is 0 Å². The number of phenolic OH excluding ortho intramolecular Hbond substituents is 1. The van der Waals surface area contributed by atoms with Gasteiger partial charge >= 0.3 is 0 Å². The maximum Gasteiger partial charge on any atom is 0.115 e. The highest BCUT2D eigenvalue weighted by Gasteiger charge is 2.02. The number of halogens is 1. The Kier molecular flexibility index (Phi) is 2.52. The SMILES string of the molecule is Nc1cc(Cl)ccc1-c1ccc(O)cc1. The molecule has 15 heavy (non-hydrogen) atoms. The monoisotopic (exact) mass is 219 g/mol. The van der Waals surface area contributed by atoms with Gasteiger partial charge in [0.2, 0.25) is 0 Å². The zero-order valence-corrected chi connectivity index (χ0v) is 8.70. The van der Waals surface area contributed by atoms with Crippen molar-refractivity contribution in [3.63, 3.8) is 0 Å². The van der Waals surface area contributed by atoms with Gasteiger partial charge in [-0.15, -0.1) is 0 Å². The first kappa shape index (κ1) is 9.87. The lowest BCUT2D eigenvalue weighted by Gasteiger charge is -2.06. The van der Waals surface area contributed by atoms with Gasteiger partial charge in [0.05, 0.1) is 0 Å². The number of nitrogen functional groups attached to an aromatic ring is 1. The molecule has 3 N–H and O–H groups in total. The fourth-order valence-corrected chi connectivity index (χ4v) is 1.62. The number of phenols is 1. The Labute approximate surface area is 92.9 Å². The van der Waals surface area contributed by atoms with Gasteiger partial charge in [0.1, 0.15) is 5.75 Å². The highest BCUT2D eigenvalue weighted by atomic mass is 35.5. The first-order valence-corrected chi connectivity index (χ1v) is 4.89. The second kappa shape index (κ2) is 3.83. The first-order valence-electron chi connectivity index (χ1n) is 4.51. The minimum absolute atomic E-state index is 0.242. The third-order valence-electron chi connectivity index (χ3n) is 2.19. The Morgan fingerprint density at radius 1 is 1.00 bits per heavy atom. The summed E-state index contributed by atoms with van der Waals surface area (Å²) in [6.07, 6.45) is 0. The van der Waals surface area contributed by atoms with Crippen LogP contribution >= 0.6 is 11.6 Å². The zero-order valence-electron chi connectivity index (χ0n) is 7.94. The molecule has 2 nitrogen and oxygen atoms in total. The molecule has 2 rings (SSSR count). The molecule has 0 aliphatic carbocycles. The van der Waals surface area contributed by atoms with Crippen LogP contribution in [0.15, 0.2) is 42.5 Å². The quantitative estimate of drug-likeness (QED) is 0.723. The molecule has 0 amide bonds. The Hall–Kier alpha value is -1.67. The summed E-state index contributed by atoms with van der Waals surface area (Å²) in [4.78, 5) is 0. The molecule has 0 atom stereocenters. The summed E-state index contributed by atoms with van der Waals surface area (Å²) in [6, 6.07) is 12.3. The van der Waals surface area contributed by atoms with Crippen LogP contribution in [0.5, 0.6) is 5.75 Å². The molecule has 0 aliphatic heterocycles. The van der Waals surface area contributed by atoms with Gasteiger partial charge in [0.25, 0.3) is 0 Å². The summed E-state index contributed by atoms with van der Waals surface area (Å²) >= 11 is 5.81. The lowest BCUT2D eigenvalue weighted by molar-refractivity contribution is 0.475. The average molecular weight is 220 g/mol. The van der Waals surface area contributed by atoms with Gasteiger partial charge in [0.15, 0.2) is 0 Å². The molecular weight excluding hydrogens is 210 g/mol. The Morgan fingerprint density at radius 3 is 2.27 bits per heavy atom. The van der Waals surface area contributed by atoms with Gasteiger partial charge in [-0.2, -0.15) is 0 Å². The van der Waals surface area contributed by atoms with E-state index in [0.717, 1.165) is 11.1 Å². The third kappa shape index (κ3) is 2.05.